The normalized spacial score (nSPS) is 17.2. The van der Waals surface area contributed by atoms with Crippen molar-refractivity contribution in [3.8, 4) is 11.5 Å². The van der Waals surface area contributed by atoms with Crippen LogP contribution in [-0.2, 0) is 6.54 Å². The van der Waals surface area contributed by atoms with Crippen LogP contribution >= 0.6 is 23.2 Å². The third kappa shape index (κ3) is 3.28. The molecule has 1 aromatic heterocycles. The lowest BCUT2D eigenvalue weighted by atomic mass is 10.00. The van der Waals surface area contributed by atoms with E-state index in [1.165, 1.54) is 0 Å². The first-order valence-corrected chi connectivity index (χ1v) is 9.93. The molecule has 2 aliphatic heterocycles. The minimum Gasteiger partial charge on any atom is -0.454 e. The third-order valence-corrected chi connectivity index (χ3v) is 5.74. The van der Waals surface area contributed by atoms with Crippen molar-refractivity contribution in [3.63, 3.8) is 0 Å². The fourth-order valence-corrected chi connectivity index (χ4v) is 4.33. The van der Waals surface area contributed by atoms with Crippen molar-refractivity contribution in [1.82, 2.24) is 9.47 Å². The summed E-state index contributed by atoms with van der Waals surface area (Å²) < 4.78 is 12.9. The zero-order valence-corrected chi connectivity index (χ0v) is 16.8. The van der Waals surface area contributed by atoms with E-state index in [2.05, 4.69) is 9.88 Å². The van der Waals surface area contributed by atoms with E-state index < -0.39 is 0 Å². The number of rotatable bonds is 2. The molecule has 0 spiro atoms. The van der Waals surface area contributed by atoms with Gasteiger partial charge in [-0.2, -0.15) is 0 Å². The molecule has 2 amide bonds. The molecular formula is C21H17Cl2N3O3. The number of nitrogens with zero attached hydrogens (tertiary/aromatic N) is 2. The predicted molar refractivity (Wildman–Crippen MR) is 111 cm³/mol. The van der Waals surface area contributed by atoms with E-state index >= 15 is 0 Å². The summed E-state index contributed by atoms with van der Waals surface area (Å²) in [5.74, 6) is 1.29. The van der Waals surface area contributed by atoms with Gasteiger partial charge in [0, 0.05) is 46.8 Å². The second kappa shape index (κ2) is 7.21. The highest BCUT2D eigenvalue weighted by atomic mass is 35.5. The molecular weight excluding hydrogens is 413 g/mol. The first kappa shape index (κ1) is 18.2. The van der Waals surface area contributed by atoms with Crippen molar-refractivity contribution in [1.29, 1.82) is 0 Å². The molecule has 0 saturated carbocycles. The molecule has 0 radical (unpaired) electrons. The Hall–Kier alpha value is -2.83. The highest BCUT2D eigenvalue weighted by molar-refractivity contribution is 6.35. The van der Waals surface area contributed by atoms with Gasteiger partial charge in [0.1, 0.15) is 6.04 Å². The van der Waals surface area contributed by atoms with Crippen molar-refractivity contribution in [2.45, 2.75) is 12.6 Å². The highest BCUT2D eigenvalue weighted by Gasteiger charge is 2.33. The summed E-state index contributed by atoms with van der Waals surface area (Å²) in [6.45, 7) is 1.44. The largest absolute Gasteiger partial charge is 0.454 e. The summed E-state index contributed by atoms with van der Waals surface area (Å²) >= 11 is 12.6. The average Bonchev–Trinajstić information content (AvgIpc) is 3.36. The van der Waals surface area contributed by atoms with E-state index in [4.69, 9.17) is 32.7 Å². The quantitative estimate of drug-likeness (QED) is 0.611. The number of carbonyl (C=O) groups is 1. The van der Waals surface area contributed by atoms with Crippen LogP contribution < -0.4 is 14.8 Å². The Kier molecular flexibility index (Phi) is 4.53. The predicted octanol–water partition coefficient (Wildman–Crippen LogP) is 5.16. The van der Waals surface area contributed by atoms with Gasteiger partial charge in [0.25, 0.3) is 0 Å². The molecule has 5 rings (SSSR count). The molecule has 3 aromatic rings. The van der Waals surface area contributed by atoms with E-state index in [-0.39, 0.29) is 18.9 Å². The molecule has 29 heavy (non-hydrogen) atoms. The van der Waals surface area contributed by atoms with Crippen LogP contribution in [-0.4, -0.2) is 28.8 Å². The van der Waals surface area contributed by atoms with Gasteiger partial charge in [-0.05, 0) is 42.0 Å². The fourth-order valence-electron chi connectivity index (χ4n) is 3.82. The van der Waals surface area contributed by atoms with Crippen LogP contribution in [0.1, 0.15) is 17.3 Å². The maximum absolute atomic E-state index is 13.2. The summed E-state index contributed by atoms with van der Waals surface area (Å²) in [5, 5.41) is 4.05. The summed E-state index contributed by atoms with van der Waals surface area (Å²) in [4.78, 5) is 15.0. The van der Waals surface area contributed by atoms with E-state index in [0.29, 0.717) is 40.3 Å². The number of aromatic nitrogens is 1. The van der Waals surface area contributed by atoms with E-state index in [1.807, 2.05) is 24.4 Å². The zero-order valence-electron chi connectivity index (χ0n) is 15.3. The number of halogens is 2. The smallest absolute Gasteiger partial charge is 0.322 e. The van der Waals surface area contributed by atoms with Crippen LogP contribution in [0.4, 0.5) is 10.5 Å². The van der Waals surface area contributed by atoms with Gasteiger partial charge in [0.2, 0.25) is 6.79 Å². The number of amides is 2. The summed E-state index contributed by atoms with van der Waals surface area (Å²) in [7, 11) is 0. The molecule has 8 heteroatoms. The standard InChI is InChI=1S/C21H17Cl2N3O3/c22-13-3-5-15(16(23)10-13)20-17-2-1-7-25(17)8-9-26(20)21(27)24-14-4-6-18-19(11-14)29-12-28-18/h1-7,10-11,20H,8-9,12H2,(H,24,27)/t20-/m1/s1. The summed E-state index contributed by atoms with van der Waals surface area (Å²) in [5.41, 5.74) is 2.47. The first-order chi connectivity index (χ1) is 14.1. The van der Waals surface area contributed by atoms with E-state index in [9.17, 15) is 4.79 Å². The van der Waals surface area contributed by atoms with Gasteiger partial charge < -0.3 is 24.3 Å². The van der Waals surface area contributed by atoms with Gasteiger partial charge in [-0.1, -0.05) is 29.3 Å². The first-order valence-electron chi connectivity index (χ1n) is 9.17. The number of hydrogen-bond acceptors (Lipinski definition) is 3. The van der Waals surface area contributed by atoms with Gasteiger partial charge >= 0.3 is 6.03 Å². The maximum atomic E-state index is 13.2. The van der Waals surface area contributed by atoms with E-state index in [0.717, 1.165) is 11.3 Å². The average molecular weight is 430 g/mol. The number of ether oxygens (including phenoxy) is 2. The van der Waals surface area contributed by atoms with Gasteiger partial charge in [0.15, 0.2) is 11.5 Å². The maximum Gasteiger partial charge on any atom is 0.322 e. The number of hydrogen-bond donors (Lipinski definition) is 1. The molecule has 2 aromatic carbocycles. The Morgan fingerprint density at radius 3 is 2.76 bits per heavy atom. The number of fused-ring (bicyclic) bond motifs is 2. The highest BCUT2D eigenvalue weighted by Crippen LogP contribution is 2.38. The number of nitrogens with one attached hydrogen (secondary N) is 1. The summed E-state index contributed by atoms with van der Waals surface area (Å²) in [6, 6.07) is 14.2. The molecule has 0 aliphatic carbocycles. The third-order valence-electron chi connectivity index (χ3n) is 5.18. The van der Waals surface area contributed by atoms with Gasteiger partial charge in [0.05, 0.1) is 0 Å². The van der Waals surface area contributed by atoms with Gasteiger partial charge in [-0.3, -0.25) is 0 Å². The summed E-state index contributed by atoms with van der Waals surface area (Å²) in [6.07, 6.45) is 2.01. The lowest BCUT2D eigenvalue weighted by molar-refractivity contribution is 0.174. The zero-order chi connectivity index (χ0) is 20.0. The molecule has 1 atom stereocenters. The number of carbonyl (C=O) groups excluding carboxylic acids is 1. The lowest BCUT2D eigenvalue weighted by Crippen LogP contribution is -2.44. The monoisotopic (exact) mass is 429 g/mol. The second-order valence-electron chi connectivity index (χ2n) is 6.89. The van der Waals surface area contributed by atoms with Crippen molar-refractivity contribution in [3.05, 3.63) is 76.0 Å². The van der Waals surface area contributed by atoms with Crippen LogP contribution in [0.2, 0.25) is 10.0 Å². The minimum atomic E-state index is -0.322. The Morgan fingerprint density at radius 1 is 1.03 bits per heavy atom. The van der Waals surface area contributed by atoms with Crippen molar-refractivity contribution in [2.24, 2.45) is 0 Å². The van der Waals surface area contributed by atoms with Crippen LogP contribution in [0.15, 0.2) is 54.7 Å². The fraction of sp³-hybridized carbons (Fsp3) is 0.190. The van der Waals surface area contributed by atoms with Crippen molar-refractivity contribution in [2.75, 3.05) is 18.7 Å². The number of benzene rings is 2. The number of anilines is 1. The van der Waals surface area contributed by atoms with Crippen LogP contribution in [0, 0.1) is 0 Å². The molecule has 0 fully saturated rings. The van der Waals surface area contributed by atoms with Crippen molar-refractivity contribution < 1.29 is 14.3 Å². The molecule has 0 bridgehead atoms. The molecule has 0 unspecified atom stereocenters. The lowest BCUT2D eigenvalue weighted by Gasteiger charge is -2.37. The van der Waals surface area contributed by atoms with Crippen LogP contribution in [0.25, 0.3) is 0 Å². The van der Waals surface area contributed by atoms with Crippen LogP contribution in [0.3, 0.4) is 0 Å². The topological polar surface area (TPSA) is 55.7 Å². The Bertz CT molecular complexity index is 1100. The molecule has 3 heterocycles. The Morgan fingerprint density at radius 2 is 1.90 bits per heavy atom. The van der Waals surface area contributed by atoms with Gasteiger partial charge in [-0.25, -0.2) is 4.79 Å². The molecule has 1 N–H and O–H groups in total. The van der Waals surface area contributed by atoms with Crippen LogP contribution in [0.5, 0.6) is 11.5 Å². The second-order valence-corrected chi connectivity index (χ2v) is 7.73. The molecule has 6 nitrogen and oxygen atoms in total. The molecule has 0 saturated heterocycles. The van der Waals surface area contributed by atoms with E-state index in [1.54, 1.807) is 35.2 Å². The number of urea groups is 1. The Balaban J connectivity index is 1.48. The minimum absolute atomic E-state index is 0.187. The van der Waals surface area contributed by atoms with Gasteiger partial charge in [-0.15, -0.1) is 0 Å². The Labute approximate surface area is 177 Å². The SMILES string of the molecule is O=C(Nc1ccc2c(c1)OCO2)N1CCn2cccc2[C@H]1c1ccc(Cl)cc1Cl. The molecule has 148 valence electrons. The molecule has 2 aliphatic rings. The van der Waals surface area contributed by atoms with Crippen molar-refractivity contribution >= 4 is 34.9 Å².